The maximum Gasteiger partial charge on any atom is 0.293 e. The van der Waals surface area contributed by atoms with Crippen LogP contribution in [0.5, 0.6) is 5.75 Å². The first-order valence-electron chi connectivity index (χ1n) is 8.34. The van der Waals surface area contributed by atoms with Crippen LogP contribution in [0.15, 0.2) is 59.5 Å². The zero-order chi connectivity index (χ0) is 19.8. The molecule has 1 N–H and O–H groups in total. The predicted octanol–water partition coefficient (Wildman–Crippen LogP) is 6.09. The molecule has 4 nitrogen and oxygen atoms in total. The van der Waals surface area contributed by atoms with Crippen LogP contribution in [-0.2, 0) is 11.3 Å². The molecule has 1 fully saturated rings. The van der Waals surface area contributed by atoms with E-state index in [1.54, 1.807) is 6.08 Å². The number of phenolic OH excluding ortho intramolecular Hbond substituents is 1. The molecule has 1 heterocycles. The lowest BCUT2D eigenvalue weighted by Crippen LogP contribution is -2.27. The fourth-order valence-corrected chi connectivity index (χ4v) is 4.40. The van der Waals surface area contributed by atoms with Crippen LogP contribution in [0.3, 0.4) is 0 Å². The lowest BCUT2D eigenvalue weighted by molar-refractivity contribution is -0.123. The zero-order valence-corrected chi connectivity index (χ0v) is 16.7. The van der Waals surface area contributed by atoms with Crippen molar-refractivity contribution in [1.82, 2.24) is 4.90 Å². The van der Waals surface area contributed by atoms with Gasteiger partial charge in [0.25, 0.3) is 11.1 Å². The van der Waals surface area contributed by atoms with Gasteiger partial charge in [-0.05, 0) is 51.9 Å². The van der Waals surface area contributed by atoms with Crippen molar-refractivity contribution >= 4 is 63.0 Å². The smallest absolute Gasteiger partial charge is 0.293 e. The molecule has 2 amide bonds. The summed E-state index contributed by atoms with van der Waals surface area (Å²) in [7, 11) is 0. The number of fused-ring (bicyclic) bond motifs is 1. The summed E-state index contributed by atoms with van der Waals surface area (Å²) < 4.78 is 0. The SMILES string of the molecule is O=C1S/C(=C\c2cc(Cl)c(O)c(Cl)c2)C(=O)N1Cc1cccc2ccccc12. The largest absolute Gasteiger partial charge is 0.505 e. The van der Waals surface area contributed by atoms with Crippen molar-refractivity contribution in [1.29, 1.82) is 0 Å². The molecular weight excluding hydrogens is 417 g/mol. The van der Waals surface area contributed by atoms with E-state index in [-0.39, 0.29) is 38.4 Å². The molecule has 7 heteroatoms. The molecule has 28 heavy (non-hydrogen) atoms. The Hall–Kier alpha value is -2.47. The average Bonchev–Trinajstić information content (AvgIpc) is 2.93. The molecule has 0 spiro atoms. The lowest BCUT2D eigenvalue weighted by atomic mass is 10.0. The van der Waals surface area contributed by atoms with Crippen LogP contribution < -0.4 is 0 Å². The maximum atomic E-state index is 12.8. The van der Waals surface area contributed by atoms with Crippen molar-refractivity contribution in [3.8, 4) is 5.75 Å². The van der Waals surface area contributed by atoms with Crippen LogP contribution in [0.4, 0.5) is 4.79 Å². The number of hydrogen-bond acceptors (Lipinski definition) is 4. The minimum atomic E-state index is -0.372. The minimum Gasteiger partial charge on any atom is -0.505 e. The number of nitrogens with zero attached hydrogens (tertiary/aromatic N) is 1. The second-order valence-electron chi connectivity index (χ2n) is 6.24. The van der Waals surface area contributed by atoms with E-state index in [4.69, 9.17) is 23.2 Å². The summed E-state index contributed by atoms with van der Waals surface area (Å²) in [4.78, 5) is 26.8. The summed E-state index contributed by atoms with van der Waals surface area (Å²) in [5.41, 5.74) is 1.43. The van der Waals surface area contributed by atoms with E-state index in [0.717, 1.165) is 28.1 Å². The van der Waals surface area contributed by atoms with E-state index in [1.165, 1.54) is 17.0 Å². The van der Waals surface area contributed by atoms with Gasteiger partial charge in [0.15, 0.2) is 5.75 Å². The Kier molecular flexibility index (Phi) is 5.06. The van der Waals surface area contributed by atoms with Gasteiger partial charge in [-0.15, -0.1) is 0 Å². The number of carbonyl (C=O) groups is 2. The molecule has 3 aromatic carbocycles. The molecule has 140 valence electrons. The molecule has 1 aliphatic rings. The maximum absolute atomic E-state index is 12.8. The first-order valence-corrected chi connectivity index (χ1v) is 9.91. The Morgan fingerprint density at radius 2 is 1.68 bits per heavy atom. The molecule has 0 radical (unpaired) electrons. The Morgan fingerprint density at radius 3 is 2.43 bits per heavy atom. The second kappa shape index (κ2) is 7.51. The first kappa shape index (κ1) is 18.9. The van der Waals surface area contributed by atoms with Crippen molar-refractivity contribution in [3.63, 3.8) is 0 Å². The number of carbonyl (C=O) groups excluding carboxylic acids is 2. The van der Waals surface area contributed by atoms with Gasteiger partial charge >= 0.3 is 0 Å². The Labute approximate surface area is 175 Å². The third-order valence-corrected chi connectivity index (χ3v) is 5.90. The lowest BCUT2D eigenvalue weighted by Gasteiger charge is -2.14. The van der Waals surface area contributed by atoms with E-state index in [2.05, 4.69) is 0 Å². The number of thioether (sulfide) groups is 1. The van der Waals surface area contributed by atoms with Crippen molar-refractivity contribution < 1.29 is 14.7 Å². The van der Waals surface area contributed by atoms with Gasteiger partial charge in [0, 0.05) is 0 Å². The van der Waals surface area contributed by atoms with Crippen LogP contribution in [0.2, 0.25) is 10.0 Å². The molecule has 1 saturated heterocycles. The van der Waals surface area contributed by atoms with Crippen LogP contribution in [0.1, 0.15) is 11.1 Å². The Bertz CT molecular complexity index is 1130. The Balaban J connectivity index is 1.64. The number of imide groups is 1. The van der Waals surface area contributed by atoms with Crippen molar-refractivity contribution in [2.75, 3.05) is 0 Å². The number of halogens is 2. The van der Waals surface area contributed by atoms with Crippen molar-refractivity contribution in [2.45, 2.75) is 6.54 Å². The number of phenols is 1. The molecule has 0 saturated carbocycles. The van der Waals surface area contributed by atoms with Gasteiger partial charge in [-0.1, -0.05) is 65.7 Å². The first-order chi connectivity index (χ1) is 13.4. The highest BCUT2D eigenvalue weighted by atomic mass is 35.5. The molecular formula is C21H13Cl2NO3S. The number of amides is 2. The molecule has 0 atom stereocenters. The van der Waals surface area contributed by atoms with Crippen LogP contribution in [0.25, 0.3) is 16.8 Å². The van der Waals surface area contributed by atoms with Crippen molar-refractivity contribution in [2.24, 2.45) is 0 Å². The third-order valence-electron chi connectivity index (χ3n) is 4.42. The molecule has 0 aromatic heterocycles. The van der Waals surface area contributed by atoms with E-state index >= 15 is 0 Å². The van der Waals surface area contributed by atoms with E-state index in [1.807, 2.05) is 42.5 Å². The molecule has 3 aromatic rings. The highest BCUT2D eigenvalue weighted by Gasteiger charge is 2.35. The van der Waals surface area contributed by atoms with Gasteiger partial charge in [-0.25, -0.2) is 0 Å². The summed E-state index contributed by atoms with van der Waals surface area (Å²) >= 11 is 12.7. The van der Waals surface area contributed by atoms with Crippen LogP contribution in [-0.4, -0.2) is 21.2 Å². The second-order valence-corrected chi connectivity index (χ2v) is 8.05. The quantitative estimate of drug-likeness (QED) is 0.511. The van der Waals surface area contributed by atoms with Gasteiger partial charge in [0.05, 0.1) is 21.5 Å². The molecule has 0 unspecified atom stereocenters. The summed E-state index contributed by atoms with van der Waals surface area (Å²) in [6, 6.07) is 16.6. The van der Waals surface area contributed by atoms with Gasteiger partial charge in [-0.2, -0.15) is 0 Å². The fourth-order valence-electron chi connectivity index (χ4n) is 3.06. The molecule has 1 aliphatic heterocycles. The minimum absolute atomic E-state index is 0.0775. The van der Waals surface area contributed by atoms with E-state index in [0.29, 0.717) is 5.56 Å². The summed E-state index contributed by atoms with van der Waals surface area (Å²) in [6.45, 7) is 0.195. The third kappa shape index (κ3) is 3.49. The summed E-state index contributed by atoms with van der Waals surface area (Å²) in [5.74, 6) is -0.590. The summed E-state index contributed by atoms with van der Waals surface area (Å²) in [6.07, 6.45) is 1.55. The highest BCUT2D eigenvalue weighted by Crippen LogP contribution is 2.37. The van der Waals surface area contributed by atoms with Crippen molar-refractivity contribution in [3.05, 3.63) is 80.7 Å². The number of rotatable bonds is 3. The Morgan fingerprint density at radius 1 is 1.00 bits per heavy atom. The monoisotopic (exact) mass is 429 g/mol. The van der Waals surface area contributed by atoms with Gasteiger partial charge in [0.1, 0.15) is 0 Å². The standard InChI is InChI=1S/C21H13Cl2NO3S/c22-16-8-12(9-17(23)19(16)25)10-18-20(26)24(21(27)28-18)11-14-6-3-5-13-4-1-2-7-15(13)14/h1-10,25H,11H2/b18-10-. The normalized spacial score (nSPS) is 15.8. The van der Waals surface area contributed by atoms with E-state index in [9.17, 15) is 14.7 Å². The fraction of sp³-hybridized carbons (Fsp3) is 0.0476. The highest BCUT2D eigenvalue weighted by molar-refractivity contribution is 8.18. The van der Waals surface area contributed by atoms with E-state index < -0.39 is 0 Å². The van der Waals surface area contributed by atoms with Crippen LogP contribution in [0, 0.1) is 0 Å². The summed E-state index contributed by atoms with van der Waals surface area (Å²) in [5, 5.41) is 11.5. The average molecular weight is 430 g/mol. The number of aromatic hydroxyl groups is 1. The van der Waals surface area contributed by atoms with Gasteiger partial charge in [-0.3, -0.25) is 14.5 Å². The molecule has 0 bridgehead atoms. The topological polar surface area (TPSA) is 57.6 Å². The van der Waals surface area contributed by atoms with Gasteiger partial charge < -0.3 is 5.11 Å². The number of hydrogen-bond donors (Lipinski definition) is 1. The van der Waals surface area contributed by atoms with Crippen LogP contribution >= 0.6 is 35.0 Å². The predicted molar refractivity (Wildman–Crippen MR) is 114 cm³/mol. The molecule has 4 rings (SSSR count). The van der Waals surface area contributed by atoms with Gasteiger partial charge in [0.2, 0.25) is 0 Å². The molecule has 0 aliphatic carbocycles. The zero-order valence-electron chi connectivity index (χ0n) is 14.4. The number of benzene rings is 3.